The smallest absolute Gasteiger partial charge is 0.254 e. The van der Waals surface area contributed by atoms with Crippen molar-refractivity contribution in [2.45, 2.75) is 34.9 Å². The van der Waals surface area contributed by atoms with Gasteiger partial charge in [-0.05, 0) is 60.6 Å². The predicted molar refractivity (Wildman–Crippen MR) is 161 cm³/mol. The number of aromatic hydroxyl groups is 1. The molecule has 2 aliphatic heterocycles. The van der Waals surface area contributed by atoms with Crippen LogP contribution in [-0.2, 0) is 25.6 Å². The van der Waals surface area contributed by atoms with Crippen molar-refractivity contribution in [3.05, 3.63) is 71.3 Å². The molecule has 0 bridgehead atoms. The minimum atomic E-state index is -1.87. The van der Waals surface area contributed by atoms with Gasteiger partial charge in [0.25, 0.3) is 11.8 Å². The van der Waals surface area contributed by atoms with Crippen LogP contribution >= 0.6 is 39.1 Å². The number of amides is 4. The molecule has 2 N–H and O–H groups in total. The van der Waals surface area contributed by atoms with Gasteiger partial charge in [0.05, 0.1) is 23.9 Å². The lowest BCUT2D eigenvalue weighted by Crippen LogP contribution is -2.60. The van der Waals surface area contributed by atoms with Crippen LogP contribution in [0.3, 0.4) is 0 Å². The number of allylic oxidation sites excluding steroid dienone is 2. The molecule has 43 heavy (non-hydrogen) atoms. The van der Waals surface area contributed by atoms with E-state index in [1.165, 1.54) is 4.90 Å². The number of nitrogens with zero attached hydrogens (tertiary/aromatic N) is 2. The molecule has 6 unspecified atom stereocenters. The Balaban J connectivity index is 1.38. The summed E-state index contributed by atoms with van der Waals surface area (Å²) in [5.41, 5.74) is 2.11. The molecule has 2 aromatic carbocycles. The molecule has 0 aromatic heterocycles. The molecule has 1 saturated carbocycles. The quantitative estimate of drug-likeness (QED) is 0.187. The molecule has 6 rings (SSSR count). The summed E-state index contributed by atoms with van der Waals surface area (Å²) >= 11 is 17.7. The van der Waals surface area contributed by atoms with Gasteiger partial charge in [-0.25, -0.2) is 0 Å². The number of ether oxygens (including phenoxy) is 1. The minimum Gasteiger partial charge on any atom is -0.508 e. The molecular weight excluding hydrogens is 663 g/mol. The highest BCUT2D eigenvalue weighted by Crippen LogP contribution is 2.65. The lowest BCUT2D eigenvalue weighted by molar-refractivity contribution is -0.141. The third-order valence-corrected chi connectivity index (χ3v) is 11.2. The van der Waals surface area contributed by atoms with E-state index in [0.29, 0.717) is 17.7 Å². The SMILES string of the molecule is O=C1C2CC=C3C(CC4(Cl)C(=O)N(CBr)C(=O)C4(Cl)C3c3ccc(OCCO)cc3)C2C(=O)N1CCc1ccc(O)cc1. The summed E-state index contributed by atoms with van der Waals surface area (Å²) in [5, 5.41) is 18.7. The number of imide groups is 2. The number of fused-ring (bicyclic) bond motifs is 4. The van der Waals surface area contributed by atoms with Gasteiger partial charge in [0.2, 0.25) is 11.8 Å². The van der Waals surface area contributed by atoms with E-state index in [4.69, 9.17) is 33.0 Å². The summed E-state index contributed by atoms with van der Waals surface area (Å²) < 4.78 is 5.50. The fourth-order valence-electron chi connectivity index (χ4n) is 7.24. The number of hydrogen-bond acceptors (Lipinski definition) is 7. The first-order valence-electron chi connectivity index (χ1n) is 14.0. The van der Waals surface area contributed by atoms with E-state index in [2.05, 4.69) is 15.9 Å². The van der Waals surface area contributed by atoms with Gasteiger partial charge in [0.1, 0.15) is 18.1 Å². The third-order valence-electron chi connectivity index (χ3n) is 9.24. The van der Waals surface area contributed by atoms with Crippen molar-refractivity contribution in [1.29, 1.82) is 0 Å². The molecule has 4 aliphatic rings. The Morgan fingerprint density at radius 3 is 2.28 bits per heavy atom. The number of rotatable bonds is 8. The first-order chi connectivity index (χ1) is 20.6. The summed E-state index contributed by atoms with van der Waals surface area (Å²) in [6, 6.07) is 13.5. The molecule has 0 spiro atoms. The Morgan fingerprint density at radius 1 is 0.930 bits per heavy atom. The molecule has 2 aliphatic carbocycles. The zero-order chi connectivity index (χ0) is 30.7. The van der Waals surface area contributed by atoms with Gasteiger partial charge in [0.15, 0.2) is 9.75 Å². The van der Waals surface area contributed by atoms with Gasteiger partial charge in [-0.15, -0.1) is 23.2 Å². The Bertz CT molecular complexity index is 1520. The molecule has 6 atom stereocenters. The number of alkyl halides is 3. The first-order valence-corrected chi connectivity index (χ1v) is 15.9. The van der Waals surface area contributed by atoms with Gasteiger partial charge in [-0.3, -0.25) is 29.0 Å². The van der Waals surface area contributed by atoms with Crippen molar-refractivity contribution < 1.29 is 34.1 Å². The fraction of sp³-hybridized carbons (Fsp3) is 0.419. The number of benzene rings is 2. The minimum absolute atomic E-state index is 0.0713. The Kier molecular flexibility index (Phi) is 7.86. The summed E-state index contributed by atoms with van der Waals surface area (Å²) in [7, 11) is 0. The maximum Gasteiger partial charge on any atom is 0.254 e. The van der Waals surface area contributed by atoms with Crippen LogP contribution in [0.1, 0.15) is 29.9 Å². The molecular formula is C31H29BrCl2N2O7. The van der Waals surface area contributed by atoms with Crippen LogP contribution in [0.4, 0.5) is 0 Å². The standard InChI is InChI=1S/C31H29BrCl2N2O7/c32-16-36-28(41)30(33)15-23-21(25(31(30,34)29(36)42)18-3-7-20(8-4-18)43-14-13-37)9-10-22-24(23)27(40)35(26(22)39)12-11-17-1-5-19(38)6-2-17/h1-9,22-25,37-38H,10-16H2. The summed E-state index contributed by atoms with van der Waals surface area (Å²) in [6.45, 7) is 0.130. The van der Waals surface area contributed by atoms with E-state index in [1.54, 1.807) is 48.5 Å². The molecule has 4 amide bonds. The third kappa shape index (κ3) is 4.52. The molecule has 2 saturated heterocycles. The van der Waals surface area contributed by atoms with Crippen LogP contribution in [0.15, 0.2) is 60.2 Å². The van der Waals surface area contributed by atoms with Crippen molar-refractivity contribution in [1.82, 2.24) is 9.80 Å². The second kappa shape index (κ2) is 11.2. The van der Waals surface area contributed by atoms with Crippen LogP contribution in [-0.4, -0.2) is 78.6 Å². The predicted octanol–water partition coefficient (Wildman–Crippen LogP) is 3.72. The van der Waals surface area contributed by atoms with Crippen molar-refractivity contribution in [2.75, 3.05) is 25.2 Å². The van der Waals surface area contributed by atoms with E-state index in [0.717, 1.165) is 16.0 Å². The van der Waals surface area contributed by atoms with Gasteiger partial charge in [-0.2, -0.15) is 0 Å². The van der Waals surface area contributed by atoms with Crippen LogP contribution < -0.4 is 4.74 Å². The van der Waals surface area contributed by atoms with Gasteiger partial charge in [-0.1, -0.05) is 51.8 Å². The second-order valence-electron chi connectivity index (χ2n) is 11.4. The first kappa shape index (κ1) is 30.1. The van der Waals surface area contributed by atoms with Gasteiger partial charge >= 0.3 is 0 Å². The summed E-state index contributed by atoms with van der Waals surface area (Å²) in [6.07, 6.45) is 2.54. The number of halogens is 3. The van der Waals surface area contributed by atoms with Crippen LogP contribution in [0.5, 0.6) is 11.5 Å². The molecule has 2 heterocycles. The number of carbonyl (C=O) groups is 4. The Labute approximate surface area is 266 Å². The van der Waals surface area contributed by atoms with E-state index < -0.39 is 45.2 Å². The topological polar surface area (TPSA) is 124 Å². The number of aliphatic hydroxyl groups excluding tert-OH is 1. The van der Waals surface area contributed by atoms with Crippen molar-refractivity contribution in [3.63, 3.8) is 0 Å². The highest BCUT2D eigenvalue weighted by Gasteiger charge is 2.76. The molecule has 3 fully saturated rings. The second-order valence-corrected chi connectivity index (χ2v) is 13.1. The summed E-state index contributed by atoms with van der Waals surface area (Å²) in [4.78, 5) is 53.7. The number of phenols is 1. The molecule has 2 aromatic rings. The monoisotopic (exact) mass is 690 g/mol. The van der Waals surface area contributed by atoms with Crippen molar-refractivity contribution in [3.8, 4) is 11.5 Å². The number of hydrogen-bond donors (Lipinski definition) is 2. The number of phenolic OH excluding ortho intramolecular Hbond substituents is 1. The lowest BCUT2D eigenvalue weighted by atomic mass is 9.56. The number of carbonyl (C=O) groups excluding carboxylic acids is 4. The van der Waals surface area contributed by atoms with Crippen LogP contribution in [0, 0.1) is 17.8 Å². The van der Waals surface area contributed by atoms with Crippen molar-refractivity contribution >= 4 is 62.8 Å². The maximum absolute atomic E-state index is 14.0. The van der Waals surface area contributed by atoms with Gasteiger partial charge in [0, 0.05) is 12.5 Å². The zero-order valence-corrected chi connectivity index (χ0v) is 26.0. The summed E-state index contributed by atoms with van der Waals surface area (Å²) in [5.74, 6) is -4.04. The van der Waals surface area contributed by atoms with Crippen molar-refractivity contribution in [2.24, 2.45) is 17.8 Å². The highest BCUT2D eigenvalue weighted by atomic mass is 79.9. The fourth-order valence-corrected chi connectivity index (χ4v) is 8.66. The van der Waals surface area contributed by atoms with Gasteiger partial charge < -0.3 is 14.9 Å². The number of aliphatic hydroxyl groups is 1. The van der Waals surface area contributed by atoms with E-state index in [1.807, 2.05) is 6.08 Å². The molecule has 9 nitrogen and oxygen atoms in total. The van der Waals surface area contributed by atoms with E-state index >= 15 is 0 Å². The highest BCUT2D eigenvalue weighted by molar-refractivity contribution is 9.09. The normalized spacial score (nSPS) is 31.6. The van der Waals surface area contributed by atoms with E-state index in [9.17, 15) is 24.3 Å². The van der Waals surface area contributed by atoms with E-state index in [-0.39, 0.29) is 55.6 Å². The van der Waals surface area contributed by atoms with Crippen LogP contribution in [0.2, 0.25) is 0 Å². The molecule has 12 heteroatoms. The average molecular weight is 692 g/mol. The lowest BCUT2D eigenvalue weighted by Gasteiger charge is -2.50. The average Bonchev–Trinajstić information content (AvgIpc) is 3.33. The Morgan fingerprint density at radius 2 is 1.63 bits per heavy atom. The molecule has 226 valence electrons. The molecule has 0 radical (unpaired) electrons. The Hall–Kier alpha value is -2.92. The maximum atomic E-state index is 14.0. The largest absolute Gasteiger partial charge is 0.508 e. The zero-order valence-electron chi connectivity index (χ0n) is 22.9. The van der Waals surface area contributed by atoms with Crippen LogP contribution in [0.25, 0.3) is 0 Å². The number of likely N-dealkylation sites (tertiary alicyclic amines) is 2.